The molecule has 0 aliphatic heterocycles. The predicted octanol–water partition coefficient (Wildman–Crippen LogP) is 9.21. The Morgan fingerprint density at radius 1 is 0.714 bits per heavy atom. The topological polar surface area (TPSA) is 23.8 Å². The highest BCUT2D eigenvalue weighted by Crippen LogP contribution is 3.00. The normalized spacial score (nSPS) is 30.3. The van der Waals surface area contributed by atoms with Gasteiger partial charge in [-0.2, -0.15) is 5.26 Å². The lowest BCUT2D eigenvalue weighted by Gasteiger charge is -2.30. The van der Waals surface area contributed by atoms with E-state index in [1.54, 1.807) is 0 Å². The molecule has 2 saturated carbocycles. The van der Waals surface area contributed by atoms with Gasteiger partial charge in [-0.1, -0.05) is 118 Å². The number of nitrogens with zero attached hydrogens (tertiary/aromatic N) is 1. The van der Waals surface area contributed by atoms with E-state index in [9.17, 15) is 5.26 Å². The van der Waals surface area contributed by atoms with E-state index in [0.29, 0.717) is 10.8 Å². The fourth-order valence-electron chi connectivity index (χ4n) is 6.80. The summed E-state index contributed by atoms with van der Waals surface area (Å²) < 4.78 is 0. The molecule has 2 fully saturated rings. The molecule has 0 bridgehead atoms. The van der Waals surface area contributed by atoms with Crippen LogP contribution in [0.25, 0.3) is 0 Å². The van der Waals surface area contributed by atoms with Crippen molar-refractivity contribution in [2.45, 2.75) is 143 Å². The monoisotopic (exact) mass is 387 g/mol. The maximum Gasteiger partial charge on any atom is 0.0704 e. The van der Waals surface area contributed by atoms with Crippen LogP contribution in [0, 0.1) is 33.5 Å². The molecule has 2 aliphatic carbocycles. The molecule has 3 unspecified atom stereocenters. The van der Waals surface area contributed by atoms with Gasteiger partial charge in [0.2, 0.25) is 0 Å². The molecule has 0 aromatic heterocycles. The van der Waals surface area contributed by atoms with Crippen molar-refractivity contribution in [3.63, 3.8) is 0 Å². The van der Waals surface area contributed by atoms with Crippen molar-refractivity contribution in [2.24, 2.45) is 22.2 Å². The Hall–Kier alpha value is -0.510. The summed E-state index contributed by atoms with van der Waals surface area (Å²) in [5, 5.41) is 10.0. The second-order valence-electron chi connectivity index (χ2n) is 10.4. The number of rotatable bonds is 18. The SMILES string of the molecule is CCCCCCCCC(CCCCCCCC)C12CC1(C#N)C2(C)CCCC. The lowest BCUT2D eigenvalue weighted by molar-refractivity contribution is 0.193. The van der Waals surface area contributed by atoms with Crippen molar-refractivity contribution in [3.8, 4) is 6.07 Å². The van der Waals surface area contributed by atoms with Gasteiger partial charge in [0.25, 0.3) is 0 Å². The van der Waals surface area contributed by atoms with Gasteiger partial charge in [0.1, 0.15) is 0 Å². The number of hydrogen-bond acceptors (Lipinski definition) is 1. The molecule has 0 N–H and O–H groups in total. The maximum absolute atomic E-state index is 10.0. The Bertz CT molecular complexity index is 475. The van der Waals surface area contributed by atoms with Crippen LogP contribution >= 0.6 is 0 Å². The molecular weight excluding hydrogens is 338 g/mol. The summed E-state index contributed by atoms with van der Waals surface area (Å²) in [6.07, 6.45) is 24.7. The van der Waals surface area contributed by atoms with Crippen LogP contribution in [0.3, 0.4) is 0 Å². The van der Waals surface area contributed by atoms with Crippen molar-refractivity contribution in [2.75, 3.05) is 0 Å². The summed E-state index contributed by atoms with van der Waals surface area (Å²) in [6, 6.07) is 2.85. The predicted molar refractivity (Wildman–Crippen MR) is 122 cm³/mol. The minimum absolute atomic E-state index is 0.0737. The quantitative estimate of drug-likeness (QED) is 0.215. The molecular formula is C27H49N. The van der Waals surface area contributed by atoms with Gasteiger partial charge < -0.3 is 0 Å². The minimum atomic E-state index is 0.0737. The second kappa shape index (κ2) is 11.0. The molecule has 0 spiro atoms. The van der Waals surface area contributed by atoms with Crippen LogP contribution in [0.2, 0.25) is 0 Å². The Kier molecular flexibility index (Phi) is 9.37. The summed E-state index contributed by atoms with van der Waals surface area (Å²) in [6.45, 7) is 9.38. The van der Waals surface area contributed by atoms with Crippen molar-refractivity contribution in [1.82, 2.24) is 0 Å². The summed E-state index contributed by atoms with van der Waals surface area (Å²) in [7, 11) is 0. The standard InChI is InChI=1S/C27H49N/c1-5-8-11-13-15-17-19-24(20-18-16-14-12-9-6-2)27-22-26(27,23-28)25(27,4)21-10-7-3/h24H,5-22H2,1-4H3. The third-order valence-corrected chi connectivity index (χ3v) is 8.78. The van der Waals surface area contributed by atoms with Crippen LogP contribution in [-0.2, 0) is 0 Å². The molecule has 3 atom stereocenters. The highest BCUT2D eigenvalue weighted by molar-refractivity contribution is 5.51. The first-order chi connectivity index (χ1) is 13.6. The second-order valence-corrected chi connectivity index (χ2v) is 10.4. The van der Waals surface area contributed by atoms with Gasteiger partial charge in [-0.15, -0.1) is 0 Å². The largest absolute Gasteiger partial charge is 0.198 e. The maximum atomic E-state index is 10.0. The van der Waals surface area contributed by atoms with Crippen molar-refractivity contribution in [1.29, 1.82) is 5.26 Å². The average Bonchev–Trinajstić information content (AvgIpc) is 3.53. The van der Waals surface area contributed by atoms with E-state index in [1.807, 2.05) is 0 Å². The van der Waals surface area contributed by atoms with Crippen LogP contribution in [0.4, 0.5) is 0 Å². The van der Waals surface area contributed by atoms with Gasteiger partial charge >= 0.3 is 0 Å². The summed E-state index contributed by atoms with van der Waals surface area (Å²) in [5.41, 5.74) is 0.834. The molecule has 0 aromatic carbocycles. The third-order valence-electron chi connectivity index (χ3n) is 8.78. The zero-order chi connectivity index (χ0) is 20.5. The van der Waals surface area contributed by atoms with Crippen LogP contribution in [0.15, 0.2) is 0 Å². The van der Waals surface area contributed by atoms with Crippen LogP contribution in [0.1, 0.15) is 143 Å². The molecule has 162 valence electrons. The molecule has 0 heterocycles. The molecule has 0 aromatic rings. The van der Waals surface area contributed by atoms with Gasteiger partial charge in [0.05, 0.1) is 11.5 Å². The highest BCUT2D eigenvalue weighted by atomic mass is 15.0. The Labute approximate surface area is 177 Å². The molecule has 28 heavy (non-hydrogen) atoms. The zero-order valence-electron chi connectivity index (χ0n) is 19.8. The van der Waals surface area contributed by atoms with Gasteiger partial charge in [0, 0.05) is 5.41 Å². The first-order valence-electron chi connectivity index (χ1n) is 13.0. The average molecular weight is 388 g/mol. The van der Waals surface area contributed by atoms with Crippen molar-refractivity contribution >= 4 is 0 Å². The number of hydrogen-bond donors (Lipinski definition) is 0. The van der Waals surface area contributed by atoms with E-state index in [4.69, 9.17) is 0 Å². The van der Waals surface area contributed by atoms with E-state index in [2.05, 4.69) is 33.8 Å². The van der Waals surface area contributed by atoms with Crippen molar-refractivity contribution in [3.05, 3.63) is 0 Å². The van der Waals surface area contributed by atoms with E-state index >= 15 is 0 Å². The van der Waals surface area contributed by atoms with E-state index in [-0.39, 0.29) is 5.41 Å². The Balaban J connectivity index is 1.88. The van der Waals surface area contributed by atoms with E-state index in [0.717, 1.165) is 5.92 Å². The Morgan fingerprint density at radius 3 is 1.64 bits per heavy atom. The molecule has 2 rings (SSSR count). The fraction of sp³-hybridized carbons (Fsp3) is 0.963. The van der Waals surface area contributed by atoms with Crippen LogP contribution in [-0.4, -0.2) is 0 Å². The summed E-state index contributed by atoms with van der Waals surface area (Å²) >= 11 is 0. The third kappa shape index (κ3) is 4.47. The van der Waals surface area contributed by atoms with Gasteiger partial charge in [0.15, 0.2) is 0 Å². The molecule has 1 nitrogen and oxygen atoms in total. The first-order valence-corrected chi connectivity index (χ1v) is 13.0. The fourth-order valence-corrected chi connectivity index (χ4v) is 6.80. The number of nitriles is 1. The molecule has 1 heteroatoms. The smallest absolute Gasteiger partial charge is 0.0704 e. The van der Waals surface area contributed by atoms with Crippen molar-refractivity contribution < 1.29 is 0 Å². The van der Waals surface area contributed by atoms with E-state index in [1.165, 1.54) is 116 Å². The van der Waals surface area contributed by atoms with Gasteiger partial charge in [-0.3, -0.25) is 0 Å². The summed E-state index contributed by atoms with van der Waals surface area (Å²) in [4.78, 5) is 0. The molecule has 0 radical (unpaired) electrons. The highest BCUT2D eigenvalue weighted by Gasteiger charge is 2.98. The Morgan fingerprint density at radius 2 is 1.18 bits per heavy atom. The zero-order valence-corrected chi connectivity index (χ0v) is 19.8. The van der Waals surface area contributed by atoms with Gasteiger partial charge in [-0.05, 0) is 37.0 Å². The number of fused-ring (bicyclic) bond motifs is 1. The molecule has 0 amide bonds. The van der Waals surface area contributed by atoms with Crippen LogP contribution < -0.4 is 0 Å². The van der Waals surface area contributed by atoms with E-state index < -0.39 is 0 Å². The summed E-state index contributed by atoms with van der Waals surface area (Å²) in [5.74, 6) is 0.825. The minimum Gasteiger partial charge on any atom is -0.198 e. The lowest BCUT2D eigenvalue weighted by atomic mass is 9.74. The van der Waals surface area contributed by atoms with Crippen LogP contribution in [0.5, 0.6) is 0 Å². The first kappa shape index (κ1) is 23.8. The molecule has 0 saturated heterocycles. The van der Waals surface area contributed by atoms with Gasteiger partial charge in [-0.25, -0.2) is 0 Å². The lowest BCUT2D eigenvalue weighted by Crippen LogP contribution is -2.22. The molecule has 2 aliphatic rings. The number of unbranched alkanes of at least 4 members (excludes halogenated alkanes) is 11.